The highest BCUT2D eigenvalue weighted by Gasteiger charge is 2.16. The van der Waals surface area contributed by atoms with Crippen LogP contribution in [0.15, 0.2) is 72.1 Å². The highest BCUT2D eigenvalue weighted by Crippen LogP contribution is 2.24. The van der Waals surface area contributed by atoms with Crippen molar-refractivity contribution < 1.29 is 4.79 Å². The Kier molecular flexibility index (Phi) is 6.23. The van der Waals surface area contributed by atoms with Gasteiger partial charge in [-0.3, -0.25) is 4.79 Å². The summed E-state index contributed by atoms with van der Waals surface area (Å²) in [6.45, 7) is 6.66. The Bertz CT molecular complexity index is 1180. The summed E-state index contributed by atoms with van der Waals surface area (Å²) >= 11 is 1.43. The minimum Gasteiger partial charge on any atom is -0.322 e. The number of carbonyl (C=O) groups excluding carboxylic acids is 1. The number of hydrogen-bond donors (Lipinski definition) is 1. The minimum absolute atomic E-state index is 0.0751. The van der Waals surface area contributed by atoms with Crippen LogP contribution in [0.2, 0.25) is 0 Å². The van der Waals surface area contributed by atoms with Gasteiger partial charge in [-0.05, 0) is 38.5 Å². The third-order valence-corrected chi connectivity index (χ3v) is 6.04. The number of anilines is 1. The van der Waals surface area contributed by atoms with Crippen LogP contribution in [0.1, 0.15) is 22.5 Å². The van der Waals surface area contributed by atoms with Gasteiger partial charge in [0.2, 0.25) is 5.91 Å². The van der Waals surface area contributed by atoms with E-state index < -0.39 is 0 Å². The highest BCUT2D eigenvalue weighted by atomic mass is 32.2. The van der Waals surface area contributed by atoms with E-state index >= 15 is 0 Å². The molecule has 4 aromatic rings. The zero-order chi connectivity index (χ0) is 21.8. The number of rotatable bonds is 7. The molecule has 2 aromatic carbocycles. The van der Waals surface area contributed by atoms with Gasteiger partial charge >= 0.3 is 0 Å². The van der Waals surface area contributed by atoms with Gasteiger partial charge < -0.3 is 9.88 Å². The molecule has 1 N–H and O–H groups in total. The van der Waals surface area contributed by atoms with E-state index in [1.165, 1.54) is 22.9 Å². The van der Waals surface area contributed by atoms with E-state index in [1.54, 1.807) is 6.20 Å². The SMILES string of the molecule is Cc1ccc(-n2nc(C)c(NC(=O)CSc3nccn3Cc3ccccc3)c2C)cc1. The molecular formula is C24H25N5OS. The van der Waals surface area contributed by atoms with Gasteiger partial charge in [-0.15, -0.1) is 0 Å². The molecular weight excluding hydrogens is 406 g/mol. The maximum absolute atomic E-state index is 12.7. The normalized spacial score (nSPS) is 10.9. The molecule has 4 rings (SSSR count). The van der Waals surface area contributed by atoms with E-state index in [2.05, 4.69) is 51.2 Å². The predicted octanol–water partition coefficient (Wildman–Crippen LogP) is 4.77. The number of carbonyl (C=O) groups is 1. The molecule has 2 heterocycles. The topological polar surface area (TPSA) is 64.7 Å². The summed E-state index contributed by atoms with van der Waals surface area (Å²) in [4.78, 5) is 17.1. The molecule has 0 aliphatic heterocycles. The van der Waals surface area contributed by atoms with Crippen LogP contribution in [0.5, 0.6) is 0 Å². The molecule has 0 spiro atoms. The molecule has 0 fully saturated rings. The second kappa shape index (κ2) is 9.22. The smallest absolute Gasteiger partial charge is 0.234 e. The van der Waals surface area contributed by atoms with Crippen LogP contribution in [-0.4, -0.2) is 31.0 Å². The number of nitrogens with zero attached hydrogens (tertiary/aromatic N) is 4. The number of hydrogen-bond acceptors (Lipinski definition) is 4. The van der Waals surface area contributed by atoms with Crippen LogP contribution in [0, 0.1) is 20.8 Å². The summed E-state index contributed by atoms with van der Waals surface area (Å²) in [7, 11) is 0. The molecule has 2 aromatic heterocycles. The predicted molar refractivity (Wildman–Crippen MR) is 125 cm³/mol. The van der Waals surface area contributed by atoms with Gasteiger partial charge in [-0.1, -0.05) is 59.8 Å². The molecule has 7 heteroatoms. The van der Waals surface area contributed by atoms with Gasteiger partial charge in [0.15, 0.2) is 5.16 Å². The molecule has 0 saturated carbocycles. The first-order valence-corrected chi connectivity index (χ1v) is 11.1. The average molecular weight is 432 g/mol. The van der Waals surface area contributed by atoms with Crippen LogP contribution in [0.25, 0.3) is 5.69 Å². The Morgan fingerprint density at radius 3 is 2.52 bits per heavy atom. The summed E-state index contributed by atoms with van der Waals surface area (Å²) in [5.41, 5.74) is 5.83. The molecule has 0 bridgehead atoms. The first-order valence-electron chi connectivity index (χ1n) is 10.1. The highest BCUT2D eigenvalue weighted by molar-refractivity contribution is 7.99. The summed E-state index contributed by atoms with van der Waals surface area (Å²) < 4.78 is 3.92. The maximum atomic E-state index is 12.7. The molecule has 158 valence electrons. The molecule has 31 heavy (non-hydrogen) atoms. The second-order valence-electron chi connectivity index (χ2n) is 7.45. The standard InChI is InChI=1S/C24H25N5OS/c1-17-9-11-21(12-10-17)29-19(3)23(18(2)27-29)26-22(30)16-31-24-25-13-14-28(24)15-20-7-5-4-6-8-20/h4-14H,15-16H2,1-3H3,(H,26,30). The minimum atomic E-state index is -0.0751. The Hall–Kier alpha value is -3.32. The van der Waals surface area contributed by atoms with E-state index in [9.17, 15) is 4.79 Å². The van der Waals surface area contributed by atoms with Gasteiger partial charge in [-0.2, -0.15) is 5.10 Å². The van der Waals surface area contributed by atoms with Crippen LogP contribution < -0.4 is 5.32 Å². The summed E-state index contributed by atoms with van der Waals surface area (Å²) in [5, 5.41) is 8.47. The Balaban J connectivity index is 1.41. The number of amides is 1. The van der Waals surface area contributed by atoms with Gasteiger partial charge in [0, 0.05) is 18.9 Å². The van der Waals surface area contributed by atoms with Crippen molar-refractivity contribution in [2.75, 3.05) is 11.1 Å². The summed E-state index contributed by atoms with van der Waals surface area (Å²) in [6, 6.07) is 18.4. The number of aromatic nitrogens is 4. The zero-order valence-corrected chi connectivity index (χ0v) is 18.7. The van der Waals surface area contributed by atoms with Crippen molar-refractivity contribution in [1.82, 2.24) is 19.3 Å². The fourth-order valence-electron chi connectivity index (χ4n) is 3.40. The fourth-order valence-corrected chi connectivity index (χ4v) is 4.16. The van der Waals surface area contributed by atoms with Gasteiger partial charge in [0.05, 0.1) is 28.5 Å². The van der Waals surface area contributed by atoms with Crippen LogP contribution in [-0.2, 0) is 11.3 Å². The molecule has 0 aliphatic carbocycles. The monoisotopic (exact) mass is 431 g/mol. The van der Waals surface area contributed by atoms with Crippen LogP contribution in [0.3, 0.4) is 0 Å². The van der Waals surface area contributed by atoms with Crippen LogP contribution in [0.4, 0.5) is 5.69 Å². The molecule has 0 saturated heterocycles. The van der Waals surface area contributed by atoms with Crippen molar-refractivity contribution in [1.29, 1.82) is 0 Å². The lowest BCUT2D eigenvalue weighted by atomic mass is 10.2. The number of nitrogens with one attached hydrogen (secondary N) is 1. The molecule has 0 aliphatic rings. The van der Waals surface area contributed by atoms with Crippen molar-refractivity contribution in [3.05, 3.63) is 89.5 Å². The Morgan fingerprint density at radius 2 is 1.77 bits per heavy atom. The average Bonchev–Trinajstić information content (AvgIpc) is 3.32. The lowest BCUT2D eigenvalue weighted by molar-refractivity contribution is -0.113. The molecule has 6 nitrogen and oxygen atoms in total. The fraction of sp³-hybridized carbons (Fsp3) is 0.208. The van der Waals surface area contributed by atoms with E-state index in [-0.39, 0.29) is 11.7 Å². The molecule has 0 unspecified atom stereocenters. The number of benzene rings is 2. The van der Waals surface area contributed by atoms with Gasteiger partial charge in [0.25, 0.3) is 0 Å². The van der Waals surface area contributed by atoms with Crippen LogP contribution >= 0.6 is 11.8 Å². The first kappa shape index (κ1) is 20.9. The molecule has 0 radical (unpaired) electrons. The van der Waals surface area contributed by atoms with E-state index in [1.807, 2.05) is 55.1 Å². The first-order chi connectivity index (χ1) is 15.0. The van der Waals surface area contributed by atoms with Crippen molar-refractivity contribution in [3.63, 3.8) is 0 Å². The quantitative estimate of drug-likeness (QED) is 0.428. The van der Waals surface area contributed by atoms with Gasteiger partial charge in [-0.25, -0.2) is 9.67 Å². The Morgan fingerprint density at radius 1 is 1.03 bits per heavy atom. The van der Waals surface area contributed by atoms with E-state index in [4.69, 9.17) is 0 Å². The van der Waals surface area contributed by atoms with E-state index in [0.717, 1.165) is 34.5 Å². The molecule has 0 atom stereocenters. The van der Waals surface area contributed by atoms with Crippen molar-refractivity contribution in [3.8, 4) is 5.69 Å². The summed E-state index contributed by atoms with van der Waals surface area (Å²) in [5.74, 6) is 0.203. The van der Waals surface area contributed by atoms with Crippen molar-refractivity contribution in [2.45, 2.75) is 32.5 Å². The largest absolute Gasteiger partial charge is 0.322 e. The Labute approximate surface area is 186 Å². The second-order valence-corrected chi connectivity index (χ2v) is 8.40. The maximum Gasteiger partial charge on any atom is 0.234 e. The third-order valence-electron chi connectivity index (χ3n) is 5.04. The van der Waals surface area contributed by atoms with Crippen molar-refractivity contribution in [2.24, 2.45) is 0 Å². The van der Waals surface area contributed by atoms with E-state index in [0.29, 0.717) is 0 Å². The molecule has 1 amide bonds. The third kappa shape index (κ3) is 4.88. The lowest BCUT2D eigenvalue weighted by Gasteiger charge is -2.09. The number of thioether (sulfide) groups is 1. The summed E-state index contributed by atoms with van der Waals surface area (Å²) in [6.07, 6.45) is 3.70. The van der Waals surface area contributed by atoms with Crippen molar-refractivity contribution >= 4 is 23.4 Å². The zero-order valence-electron chi connectivity index (χ0n) is 17.9. The number of imidazole rings is 1. The lowest BCUT2D eigenvalue weighted by Crippen LogP contribution is -2.16. The number of aryl methyl sites for hydroxylation is 2. The van der Waals surface area contributed by atoms with Gasteiger partial charge in [0.1, 0.15) is 0 Å².